The lowest BCUT2D eigenvalue weighted by Gasteiger charge is -2.07. The lowest BCUT2D eigenvalue weighted by Crippen LogP contribution is -1.89. The van der Waals surface area contributed by atoms with Crippen LogP contribution in [0.4, 0.5) is 0 Å². The van der Waals surface area contributed by atoms with Gasteiger partial charge in [0.1, 0.15) is 0 Å². The van der Waals surface area contributed by atoms with Crippen molar-refractivity contribution < 1.29 is 0 Å². The zero-order valence-corrected chi connectivity index (χ0v) is 7.57. The van der Waals surface area contributed by atoms with Gasteiger partial charge in [0, 0.05) is 11.3 Å². The van der Waals surface area contributed by atoms with Crippen molar-refractivity contribution in [1.29, 1.82) is 0 Å². The number of allylic oxidation sites excluding steroid dienone is 4. The van der Waals surface area contributed by atoms with Gasteiger partial charge in [0.15, 0.2) is 0 Å². The smallest absolute Gasteiger partial charge is 0.0442 e. The summed E-state index contributed by atoms with van der Waals surface area (Å²) in [5.74, 6) is 0. The summed E-state index contributed by atoms with van der Waals surface area (Å²) in [4.78, 5) is 3.84. The fourth-order valence-corrected chi connectivity index (χ4v) is 1.06. The second-order valence-electron chi connectivity index (χ2n) is 2.68. The minimum atomic E-state index is 0.894. The predicted molar refractivity (Wildman–Crippen MR) is 51.9 cm³/mol. The lowest BCUT2D eigenvalue weighted by molar-refractivity contribution is 1.20. The van der Waals surface area contributed by atoms with Crippen LogP contribution in [0.3, 0.4) is 0 Å². The Morgan fingerprint density at radius 1 is 1.00 bits per heavy atom. The summed E-state index contributed by atoms with van der Waals surface area (Å²) < 4.78 is 0. The fraction of sp³-hybridized carbons (Fsp3) is 0.300. The van der Waals surface area contributed by atoms with Crippen molar-refractivity contribution in [3.05, 3.63) is 35.6 Å². The molecular weight excluding hydrogens is 134 g/mol. The molecule has 0 bridgehead atoms. The highest BCUT2D eigenvalue weighted by atomic mass is 14.7. The molecule has 11 heavy (non-hydrogen) atoms. The highest BCUT2D eigenvalue weighted by Crippen LogP contribution is 2.20. The topological polar surface area (TPSA) is 12.4 Å². The second-order valence-corrected chi connectivity index (χ2v) is 2.68. The Kier molecular flexibility index (Phi) is 3.52. The van der Waals surface area contributed by atoms with Crippen molar-refractivity contribution in [1.82, 2.24) is 0 Å². The van der Waals surface area contributed by atoms with E-state index in [0.717, 1.165) is 22.4 Å². The minimum absolute atomic E-state index is 0.894. The molecule has 0 aliphatic carbocycles. The molecule has 0 N–H and O–H groups in total. The summed E-state index contributed by atoms with van der Waals surface area (Å²) in [5, 5.41) is 0. The summed E-state index contributed by atoms with van der Waals surface area (Å²) in [5.41, 5.74) is 3.90. The molecular formula is C10H15N. The average Bonchev–Trinajstić information content (AvgIpc) is 1.85. The van der Waals surface area contributed by atoms with Crippen LogP contribution in [0, 0.1) is 0 Å². The Balaban J connectivity index is 5.04. The highest BCUT2D eigenvalue weighted by Gasteiger charge is 2.02. The highest BCUT2D eigenvalue weighted by molar-refractivity contribution is 5.46. The van der Waals surface area contributed by atoms with Gasteiger partial charge in [-0.2, -0.15) is 0 Å². The van der Waals surface area contributed by atoms with Crippen molar-refractivity contribution >= 4 is 6.72 Å². The maximum Gasteiger partial charge on any atom is 0.0442 e. The molecule has 0 radical (unpaired) electrons. The normalized spacial score (nSPS) is 8.64. The molecule has 60 valence electrons. The molecule has 1 nitrogen and oxygen atoms in total. The molecule has 0 aromatic heterocycles. The molecule has 0 amide bonds. The first-order valence-corrected chi connectivity index (χ1v) is 3.50. The van der Waals surface area contributed by atoms with Gasteiger partial charge >= 0.3 is 0 Å². The molecule has 0 heterocycles. The Morgan fingerprint density at radius 2 is 1.36 bits per heavy atom. The van der Waals surface area contributed by atoms with Crippen LogP contribution in [-0.2, 0) is 0 Å². The average molecular weight is 149 g/mol. The van der Waals surface area contributed by atoms with Crippen LogP contribution < -0.4 is 0 Å². The van der Waals surface area contributed by atoms with Gasteiger partial charge in [-0.25, -0.2) is 0 Å². The first kappa shape index (κ1) is 9.89. The third-order valence-electron chi connectivity index (χ3n) is 1.45. The number of hydrogen-bond donors (Lipinski definition) is 0. The van der Waals surface area contributed by atoms with Gasteiger partial charge in [-0.1, -0.05) is 13.2 Å². The van der Waals surface area contributed by atoms with E-state index in [4.69, 9.17) is 0 Å². The maximum atomic E-state index is 3.84. The Hall–Kier alpha value is -1.11. The number of rotatable bonds is 3. The van der Waals surface area contributed by atoms with Gasteiger partial charge < -0.3 is 0 Å². The zero-order chi connectivity index (χ0) is 9.02. The lowest BCUT2D eigenvalue weighted by atomic mass is 10.0. The molecule has 0 spiro atoms. The monoisotopic (exact) mass is 149 g/mol. The van der Waals surface area contributed by atoms with E-state index in [1.807, 2.05) is 20.8 Å². The van der Waals surface area contributed by atoms with E-state index in [9.17, 15) is 0 Å². The predicted octanol–water partition coefficient (Wildman–Crippen LogP) is 3.11. The van der Waals surface area contributed by atoms with Crippen molar-refractivity contribution in [3.63, 3.8) is 0 Å². The summed E-state index contributed by atoms with van der Waals surface area (Å²) >= 11 is 0. The van der Waals surface area contributed by atoms with Crippen LogP contribution >= 0.6 is 0 Å². The number of nitrogens with zero attached hydrogens (tertiary/aromatic N) is 1. The largest absolute Gasteiger partial charge is 0.269 e. The van der Waals surface area contributed by atoms with Crippen molar-refractivity contribution in [2.24, 2.45) is 4.99 Å². The van der Waals surface area contributed by atoms with Crippen LogP contribution in [0.1, 0.15) is 20.8 Å². The summed E-state index contributed by atoms with van der Waals surface area (Å²) in [6.45, 7) is 16.9. The van der Waals surface area contributed by atoms with Crippen molar-refractivity contribution in [2.45, 2.75) is 20.8 Å². The second kappa shape index (κ2) is 3.91. The Bertz CT molecular complexity index is 215. The van der Waals surface area contributed by atoms with E-state index in [-0.39, 0.29) is 0 Å². The van der Waals surface area contributed by atoms with E-state index in [2.05, 4.69) is 24.9 Å². The summed E-state index contributed by atoms with van der Waals surface area (Å²) in [6, 6.07) is 0. The Morgan fingerprint density at radius 3 is 1.45 bits per heavy atom. The molecule has 0 rings (SSSR count). The Labute approximate surface area is 68.9 Å². The quantitative estimate of drug-likeness (QED) is 0.432. The van der Waals surface area contributed by atoms with Gasteiger partial charge in [0.2, 0.25) is 0 Å². The molecule has 0 atom stereocenters. The molecule has 0 saturated heterocycles. The minimum Gasteiger partial charge on any atom is -0.269 e. The molecule has 0 aromatic rings. The van der Waals surface area contributed by atoms with E-state index >= 15 is 0 Å². The van der Waals surface area contributed by atoms with Gasteiger partial charge in [-0.3, -0.25) is 4.99 Å². The van der Waals surface area contributed by atoms with Crippen LogP contribution in [0.15, 0.2) is 40.6 Å². The van der Waals surface area contributed by atoms with Crippen molar-refractivity contribution in [3.8, 4) is 0 Å². The van der Waals surface area contributed by atoms with Gasteiger partial charge in [0.05, 0.1) is 0 Å². The maximum absolute atomic E-state index is 3.84. The molecule has 1 heteroatoms. The zero-order valence-electron chi connectivity index (χ0n) is 7.57. The fourth-order valence-electron chi connectivity index (χ4n) is 1.06. The van der Waals surface area contributed by atoms with Crippen LogP contribution in [-0.4, -0.2) is 6.72 Å². The standard InChI is InChI=1S/C10H15N/c1-7(2)10(8(3)4)9(5)11-6/h1,3,6H2,2,4-5H3. The SMILES string of the molecule is C=NC(C)=C(C(=C)C)C(=C)C. The van der Waals surface area contributed by atoms with Gasteiger partial charge in [-0.15, -0.1) is 0 Å². The molecule has 0 saturated carbocycles. The van der Waals surface area contributed by atoms with E-state index in [1.54, 1.807) is 0 Å². The van der Waals surface area contributed by atoms with Crippen LogP contribution in [0.2, 0.25) is 0 Å². The summed E-state index contributed by atoms with van der Waals surface area (Å²) in [7, 11) is 0. The molecule has 0 aromatic carbocycles. The first-order chi connectivity index (χ1) is 5.00. The van der Waals surface area contributed by atoms with E-state index in [1.165, 1.54) is 0 Å². The van der Waals surface area contributed by atoms with Gasteiger partial charge in [-0.05, 0) is 38.6 Å². The first-order valence-electron chi connectivity index (χ1n) is 3.50. The molecule has 0 aliphatic heterocycles. The van der Waals surface area contributed by atoms with Crippen LogP contribution in [0.5, 0.6) is 0 Å². The number of hydrogen-bond acceptors (Lipinski definition) is 1. The van der Waals surface area contributed by atoms with E-state index < -0.39 is 0 Å². The molecule has 0 aliphatic rings. The molecule has 0 unspecified atom stereocenters. The van der Waals surface area contributed by atoms with Crippen LogP contribution in [0.25, 0.3) is 0 Å². The van der Waals surface area contributed by atoms with E-state index in [0.29, 0.717) is 0 Å². The van der Waals surface area contributed by atoms with Gasteiger partial charge in [0.25, 0.3) is 0 Å². The third kappa shape index (κ3) is 2.54. The number of aliphatic imine (C=N–C) groups is 1. The molecule has 0 fully saturated rings. The van der Waals surface area contributed by atoms with Crippen molar-refractivity contribution in [2.75, 3.05) is 0 Å². The third-order valence-corrected chi connectivity index (χ3v) is 1.45. The summed E-state index contributed by atoms with van der Waals surface area (Å²) in [6.07, 6.45) is 0.